The molecule has 2 heterocycles. The Hall–Kier alpha value is -2.67. The molecule has 0 radical (unpaired) electrons. The Labute approximate surface area is 129 Å². The third-order valence-electron chi connectivity index (χ3n) is 3.09. The molecule has 112 valence electrons. The minimum Gasteiger partial charge on any atom is -0.477 e. The topological polar surface area (TPSA) is 92.4 Å². The number of carbonyl (C=O) groups excluding carboxylic acids is 1. The summed E-state index contributed by atoms with van der Waals surface area (Å²) in [5.41, 5.74) is 1.10. The number of thiophene rings is 1. The average molecular weight is 316 g/mol. The molecule has 0 bridgehead atoms. The van der Waals surface area contributed by atoms with Gasteiger partial charge in [-0.15, -0.1) is 11.3 Å². The van der Waals surface area contributed by atoms with Gasteiger partial charge in [-0.25, -0.2) is 9.78 Å². The van der Waals surface area contributed by atoms with E-state index >= 15 is 0 Å². The molecule has 0 spiro atoms. The van der Waals surface area contributed by atoms with Crippen molar-refractivity contribution in [2.24, 2.45) is 0 Å². The number of aromatic carboxylic acids is 1. The fourth-order valence-corrected chi connectivity index (χ4v) is 3.04. The summed E-state index contributed by atoms with van der Waals surface area (Å²) in [5, 5.41) is 12.5. The van der Waals surface area contributed by atoms with Gasteiger partial charge in [-0.3, -0.25) is 4.79 Å². The molecule has 2 N–H and O–H groups in total. The fourth-order valence-electron chi connectivity index (χ4n) is 2.16. The van der Waals surface area contributed by atoms with Crippen LogP contribution >= 0.6 is 11.3 Å². The molecule has 0 saturated heterocycles. The van der Waals surface area contributed by atoms with E-state index in [1.54, 1.807) is 38.1 Å². The summed E-state index contributed by atoms with van der Waals surface area (Å²) in [4.78, 5) is 27.5. The first kappa shape index (κ1) is 14.3. The van der Waals surface area contributed by atoms with Gasteiger partial charge in [0.1, 0.15) is 4.88 Å². The van der Waals surface area contributed by atoms with Gasteiger partial charge in [-0.2, -0.15) is 0 Å². The van der Waals surface area contributed by atoms with Crippen molar-refractivity contribution in [3.8, 4) is 0 Å². The van der Waals surface area contributed by atoms with Gasteiger partial charge in [0.2, 0.25) is 5.76 Å². The molecule has 1 amide bonds. The molecule has 22 heavy (non-hydrogen) atoms. The highest BCUT2D eigenvalue weighted by molar-refractivity contribution is 7.20. The summed E-state index contributed by atoms with van der Waals surface area (Å²) in [5.74, 6) is -0.734. The van der Waals surface area contributed by atoms with Crippen molar-refractivity contribution in [3.63, 3.8) is 0 Å². The molecule has 0 unspecified atom stereocenters. The number of oxazole rings is 1. The Kier molecular flexibility index (Phi) is 3.42. The molecular formula is C15H12N2O4S. The van der Waals surface area contributed by atoms with Gasteiger partial charge >= 0.3 is 5.97 Å². The number of nitrogens with zero attached hydrogens (tertiary/aromatic N) is 1. The van der Waals surface area contributed by atoms with E-state index < -0.39 is 5.97 Å². The van der Waals surface area contributed by atoms with E-state index in [1.165, 1.54) is 11.3 Å². The normalized spacial score (nSPS) is 10.8. The summed E-state index contributed by atoms with van der Waals surface area (Å²) < 4.78 is 6.12. The highest BCUT2D eigenvalue weighted by Crippen LogP contribution is 2.28. The van der Waals surface area contributed by atoms with Crippen LogP contribution in [-0.4, -0.2) is 22.0 Å². The summed E-state index contributed by atoms with van der Waals surface area (Å²) >= 11 is 1.19. The second-order valence-corrected chi connectivity index (χ2v) is 5.85. The lowest BCUT2D eigenvalue weighted by atomic mass is 10.2. The van der Waals surface area contributed by atoms with E-state index in [9.17, 15) is 9.59 Å². The second-order valence-electron chi connectivity index (χ2n) is 4.77. The number of aromatic nitrogens is 1. The lowest BCUT2D eigenvalue weighted by molar-refractivity contribution is 0.0702. The molecule has 0 atom stereocenters. The minimum atomic E-state index is -0.959. The van der Waals surface area contributed by atoms with Crippen LogP contribution < -0.4 is 5.32 Å². The Morgan fingerprint density at radius 3 is 2.68 bits per heavy atom. The first-order valence-electron chi connectivity index (χ1n) is 6.46. The van der Waals surface area contributed by atoms with Crippen LogP contribution in [-0.2, 0) is 0 Å². The quantitative estimate of drug-likeness (QED) is 0.772. The maximum Gasteiger partial charge on any atom is 0.345 e. The van der Waals surface area contributed by atoms with Gasteiger partial charge in [0.05, 0.1) is 5.69 Å². The molecule has 2 aromatic heterocycles. The van der Waals surface area contributed by atoms with Crippen molar-refractivity contribution < 1.29 is 19.1 Å². The minimum absolute atomic E-state index is 0.175. The number of amides is 1. The van der Waals surface area contributed by atoms with Crippen molar-refractivity contribution in [1.29, 1.82) is 0 Å². The summed E-state index contributed by atoms with van der Waals surface area (Å²) in [6, 6.07) is 6.82. The van der Waals surface area contributed by atoms with Gasteiger partial charge in [-0.05, 0) is 36.6 Å². The SMILES string of the molecule is Cc1nc(C)c(C(=O)Nc2ccc3sc(C(=O)O)cc3c2)o1. The van der Waals surface area contributed by atoms with E-state index in [2.05, 4.69) is 10.3 Å². The molecule has 0 aliphatic rings. The number of rotatable bonds is 3. The van der Waals surface area contributed by atoms with Crippen molar-refractivity contribution in [2.75, 3.05) is 5.32 Å². The van der Waals surface area contributed by atoms with Gasteiger partial charge in [0.25, 0.3) is 5.91 Å². The van der Waals surface area contributed by atoms with Crippen LogP contribution in [0.4, 0.5) is 5.69 Å². The summed E-state index contributed by atoms with van der Waals surface area (Å²) in [6.45, 7) is 3.38. The number of hydrogen-bond acceptors (Lipinski definition) is 5. The van der Waals surface area contributed by atoms with E-state index in [1.807, 2.05) is 0 Å². The monoisotopic (exact) mass is 316 g/mol. The van der Waals surface area contributed by atoms with Crippen LogP contribution in [0.5, 0.6) is 0 Å². The Morgan fingerprint density at radius 1 is 1.27 bits per heavy atom. The maximum absolute atomic E-state index is 12.2. The number of hydrogen-bond donors (Lipinski definition) is 2. The van der Waals surface area contributed by atoms with Crippen molar-refractivity contribution >= 4 is 39.0 Å². The standard InChI is InChI=1S/C15H12N2O4S/c1-7-13(21-8(2)16-7)14(18)17-10-3-4-11-9(5-10)6-12(22-11)15(19)20/h3-6H,1-2H3,(H,17,18)(H,19,20). The van der Waals surface area contributed by atoms with Crippen LogP contribution in [0.2, 0.25) is 0 Å². The highest BCUT2D eigenvalue weighted by atomic mass is 32.1. The van der Waals surface area contributed by atoms with Crippen molar-refractivity contribution in [2.45, 2.75) is 13.8 Å². The number of carboxylic acids is 1. The van der Waals surface area contributed by atoms with Gasteiger partial charge in [0, 0.05) is 17.3 Å². The van der Waals surface area contributed by atoms with E-state index in [4.69, 9.17) is 9.52 Å². The molecule has 0 saturated carbocycles. The Morgan fingerprint density at radius 2 is 2.05 bits per heavy atom. The highest BCUT2D eigenvalue weighted by Gasteiger charge is 2.16. The summed E-state index contributed by atoms with van der Waals surface area (Å²) in [6.07, 6.45) is 0. The zero-order valence-corrected chi connectivity index (χ0v) is 12.7. The first-order valence-corrected chi connectivity index (χ1v) is 7.28. The number of nitrogens with one attached hydrogen (secondary N) is 1. The van der Waals surface area contributed by atoms with E-state index in [0.29, 0.717) is 17.3 Å². The van der Waals surface area contributed by atoms with Crippen LogP contribution in [0.15, 0.2) is 28.7 Å². The molecule has 0 aliphatic heterocycles. The molecule has 0 aliphatic carbocycles. The van der Waals surface area contributed by atoms with Crippen LogP contribution in [0.3, 0.4) is 0 Å². The van der Waals surface area contributed by atoms with Crippen molar-refractivity contribution in [1.82, 2.24) is 4.98 Å². The fraction of sp³-hybridized carbons (Fsp3) is 0.133. The smallest absolute Gasteiger partial charge is 0.345 e. The van der Waals surface area contributed by atoms with E-state index in [0.717, 1.165) is 10.1 Å². The molecule has 6 nitrogen and oxygen atoms in total. The van der Waals surface area contributed by atoms with Crippen LogP contribution in [0, 0.1) is 13.8 Å². The van der Waals surface area contributed by atoms with Gasteiger partial charge in [-0.1, -0.05) is 0 Å². The number of benzene rings is 1. The lowest BCUT2D eigenvalue weighted by Crippen LogP contribution is -2.12. The number of fused-ring (bicyclic) bond motifs is 1. The molecule has 3 aromatic rings. The number of carbonyl (C=O) groups is 2. The van der Waals surface area contributed by atoms with E-state index in [-0.39, 0.29) is 16.5 Å². The molecule has 7 heteroatoms. The average Bonchev–Trinajstić information content (AvgIpc) is 3.01. The molecule has 0 fully saturated rings. The zero-order chi connectivity index (χ0) is 15.9. The van der Waals surface area contributed by atoms with Gasteiger partial charge in [0.15, 0.2) is 5.89 Å². The van der Waals surface area contributed by atoms with Gasteiger partial charge < -0.3 is 14.8 Å². The lowest BCUT2D eigenvalue weighted by Gasteiger charge is -2.03. The first-order chi connectivity index (χ1) is 10.4. The molecular weight excluding hydrogens is 304 g/mol. The largest absolute Gasteiger partial charge is 0.477 e. The number of carboxylic acid groups (broad SMARTS) is 1. The third-order valence-corrected chi connectivity index (χ3v) is 4.20. The number of aryl methyl sites for hydroxylation is 2. The summed E-state index contributed by atoms with van der Waals surface area (Å²) in [7, 11) is 0. The molecule has 3 rings (SSSR count). The van der Waals surface area contributed by atoms with Crippen LogP contribution in [0.1, 0.15) is 31.8 Å². The second kappa shape index (κ2) is 5.27. The zero-order valence-electron chi connectivity index (χ0n) is 11.8. The maximum atomic E-state index is 12.2. The van der Waals surface area contributed by atoms with Crippen LogP contribution in [0.25, 0.3) is 10.1 Å². The Balaban J connectivity index is 1.89. The van der Waals surface area contributed by atoms with Crippen molar-refractivity contribution in [3.05, 3.63) is 46.5 Å². The molecule has 1 aromatic carbocycles. The number of anilines is 1. The third kappa shape index (κ3) is 2.58. The predicted octanol–water partition coefficient (Wildman–Crippen LogP) is 3.46. The predicted molar refractivity (Wildman–Crippen MR) is 82.7 cm³/mol. The Bertz CT molecular complexity index is 894.